The molecule has 1 heterocycles. The molecule has 4 nitrogen and oxygen atoms in total. The van der Waals surface area contributed by atoms with Gasteiger partial charge in [-0.15, -0.1) is 0 Å². The lowest BCUT2D eigenvalue weighted by Crippen LogP contribution is -2.45. The first-order valence-corrected chi connectivity index (χ1v) is 4.40. The predicted molar refractivity (Wildman–Crippen MR) is 44.7 cm³/mol. The van der Waals surface area contributed by atoms with Crippen molar-refractivity contribution in [2.45, 2.75) is 12.5 Å². The number of aliphatic hydroxyl groups is 3. The molecule has 0 aromatic rings. The molecule has 0 bridgehead atoms. The Bertz CT molecular complexity index is 131. The lowest BCUT2D eigenvalue weighted by molar-refractivity contribution is -0.00351. The van der Waals surface area contributed by atoms with Gasteiger partial charge in [0.25, 0.3) is 0 Å². The number of hydrogen-bond acceptors (Lipinski definition) is 4. The van der Waals surface area contributed by atoms with E-state index in [1.807, 2.05) is 0 Å². The molecule has 1 saturated heterocycles. The lowest BCUT2D eigenvalue weighted by atomic mass is 9.96. The maximum Gasteiger partial charge on any atom is 0.0614 e. The van der Waals surface area contributed by atoms with Crippen LogP contribution in [-0.2, 0) is 0 Å². The summed E-state index contributed by atoms with van der Waals surface area (Å²) in [7, 11) is 0. The Morgan fingerprint density at radius 1 is 1.33 bits per heavy atom. The van der Waals surface area contributed by atoms with Gasteiger partial charge in [-0.25, -0.2) is 0 Å². The summed E-state index contributed by atoms with van der Waals surface area (Å²) in [6, 6.07) is 0. The van der Waals surface area contributed by atoms with Gasteiger partial charge in [0.05, 0.1) is 12.7 Å². The van der Waals surface area contributed by atoms with Crippen molar-refractivity contribution in [3.05, 3.63) is 0 Å². The highest BCUT2D eigenvalue weighted by Gasteiger charge is 2.26. The largest absolute Gasteiger partial charge is 0.396 e. The first-order valence-electron chi connectivity index (χ1n) is 4.40. The molecule has 0 aliphatic carbocycles. The minimum absolute atomic E-state index is 0.0308. The molecule has 72 valence electrons. The minimum Gasteiger partial charge on any atom is -0.396 e. The highest BCUT2D eigenvalue weighted by Crippen LogP contribution is 2.15. The molecule has 0 saturated carbocycles. The second-order valence-electron chi connectivity index (χ2n) is 3.32. The van der Waals surface area contributed by atoms with Crippen LogP contribution in [0.3, 0.4) is 0 Å². The van der Waals surface area contributed by atoms with Crippen LogP contribution in [0.25, 0.3) is 0 Å². The zero-order chi connectivity index (χ0) is 8.97. The smallest absolute Gasteiger partial charge is 0.0614 e. The Morgan fingerprint density at radius 3 is 2.67 bits per heavy atom. The maximum absolute atomic E-state index is 9.41. The number of hydrogen-bond donors (Lipinski definition) is 3. The Labute approximate surface area is 72.4 Å². The number of β-amino-alcohol motifs (C(OH)–C–C–N with tert-alkyl or cyclic N) is 1. The molecule has 0 amide bonds. The van der Waals surface area contributed by atoms with E-state index in [4.69, 9.17) is 10.2 Å². The first kappa shape index (κ1) is 9.92. The summed E-state index contributed by atoms with van der Waals surface area (Å²) in [6.07, 6.45) is 0.329. The molecule has 2 atom stereocenters. The molecule has 0 spiro atoms. The molecule has 1 aliphatic rings. The van der Waals surface area contributed by atoms with Crippen LogP contribution in [0.15, 0.2) is 0 Å². The van der Waals surface area contributed by atoms with Crippen LogP contribution in [0, 0.1) is 5.92 Å². The SMILES string of the molecule is OCCN1CCC(O)C(CO)C1. The normalized spacial score (nSPS) is 32.2. The third-order valence-electron chi connectivity index (χ3n) is 2.43. The van der Waals surface area contributed by atoms with Crippen LogP contribution in [0.4, 0.5) is 0 Å². The van der Waals surface area contributed by atoms with Crippen molar-refractivity contribution >= 4 is 0 Å². The third-order valence-corrected chi connectivity index (χ3v) is 2.43. The zero-order valence-corrected chi connectivity index (χ0v) is 7.19. The fraction of sp³-hybridized carbons (Fsp3) is 1.00. The number of nitrogens with zero attached hydrogens (tertiary/aromatic N) is 1. The summed E-state index contributed by atoms with van der Waals surface area (Å²) in [5.74, 6) is -0.0368. The predicted octanol–water partition coefficient (Wildman–Crippen LogP) is -1.35. The average Bonchev–Trinajstić information content (AvgIpc) is 2.09. The average molecular weight is 175 g/mol. The van der Waals surface area contributed by atoms with E-state index >= 15 is 0 Å². The number of piperidine rings is 1. The van der Waals surface area contributed by atoms with Crippen LogP contribution in [0.5, 0.6) is 0 Å². The summed E-state index contributed by atoms with van der Waals surface area (Å²) in [4.78, 5) is 2.06. The van der Waals surface area contributed by atoms with Gasteiger partial charge in [-0.3, -0.25) is 0 Å². The second kappa shape index (κ2) is 4.77. The van der Waals surface area contributed by atoms with Crippen LogP contribution in [0.1, 0.15) is 6.42 Å². The van der Waals surface area contributed by atoms with E-state index in [-0.39, 0.29) is 25.2 Å². The molecule has 0 radical (unpaired) electrons. The lowest BCUT2D eigenvalue weighted by Gasteiger charge is -2.34. The van der Waals surface area contributed by atoms with Gasteiger partial charge in [0.15, 0.2) is 0 Å². The summed E-state index contributed by atoms with van der Waals surface area (Å²) in [5.41, 5.74) is 0. The number of rotatable bonds is 3. The molecule has 1 rings (SSSR count). The molecular weight excluding hydrogens is 158 g/mol. The van der Waals surface area contributed by atoms with E-state index in [2.05, 4.69) is 4.90 Å². The van der Waals surface area contributed by atoms with Crippen LogP contribution < -0.4 is 0 Å². The zero-order valence-electron chi connectivity index (χ0n) is 7.19. The van der Waals surface area contributed by atoms with Crippen molar-refractivity contribution in [2.75, 3.05) is 32.8 Å². The quantitative estimate of drug-likeness (QED) is 0.496. The van der Waals surface area contributed by atoms with Gasteiger partial charge < -0.3 is 20.2 Å². The first-order chi connectivity index (χ1) is 5.77. The molecule has 3 N–H and O–H groups in total. The van der Waals surface area contributed by atoms with E-state index in [1.54, 1.807) is 0 Å². The van der Waals surface area contributed by atoms with E-state index < -0.39 is 0 Å². The minimum atomic E-state index is -0.370. The number of likely N-dealkylation sites (tertiary alicyclic amines) is 1. The van der Waals surface area contributed by atoms with Crippen LogP contribution in [-0.4, -0.2) is 59.2 Å². The highest BCUT2D eigenvalue weighted by molar-refractivity contribution is 4.79. The van der Waals surface area contributed by atoms with Crippen molar-refractivity contribution in [3.63, 3.8) is 0 Å². The van der Waals surface area contributed by atoms with Crippen LogP contribution >= 0.6 is 0 Å². The van der Waals surface area contributed by atoms with Gasteiger partial charge >= 0.3 is 0 Å². The van der Waals surface area contributed by atoms with Crippen molar-refractivity contribution in [1.29, 1.82) is 0 Å². The summed E-state index contributed by atoms with van der Waals surface area (Å²) >= 11 is 0. The van der Waals surface area contributed by atoms with Crippen molar-refractivity contribution in [1.82, 2.24) is 4.90 Å². The number of aliphatic hydroxyl groups excluding tert-OH is 3. The van der Waals surface area contributed by atoms with Crippen molar-refractivity contribution in [3.8, 4) is 0 Å². The molecule has 0 aromatic carbocycles. The standard InChI is InChI=1S/C8H17NO3/c10-4-3-9-2-1-8(12)7(5-9)6-11/h7-8,10-12H,1-6H2. The van der Waals surface area contributed by atoms with Gasteiger partial charge in [0.1, 0.15) is 0 Å². The van der Waals surface area contributed by atoms with Gasteiger partial charge in [-0.05, 0) is 6.42 Å². The van der Waals surface area contributed by atoms with Crippen molar-refractivity contribution in [2.24, 2.45) is 5.92 Å². The van der Waals surface area contributed by atoms with Crippen molar-refractivity contribution < 1.29 is 15.3 Å². The molecule has 4 heteroatoms. The van der Waals surface area contributed by atoms with Gasteiger partial charge in [0, 0.05) is 32.2 Å². The monoisotopic (exact) mass is 175 g/mol. The summed E-state index contributed by atoms with van der Waals surface area (Å²) in [6.45, 7) is 2.33. The molecular formula is C8H17NO3. The fourth-order valence-corrected chi connectivity index (χ4v) is 1.62. The van der Waals surface area contributed by atoms with E-state index in [0.717, 1.165) is 6.54 Å². The van der Waals surface area contributed by atoms with E-state index in [1.165, 1.54) is 0 Å². The van der Waals surface area contributed by atoms with Gasteiger partial charge in [-0.2, -0.15) is 0 Å². The Kier molecular flexibility index (Phi) is 3.94. The van der Waals surface area contributed by atoms with Gasteiger partial charge in [0.2, 0.25) is 0 Å². The maximum atomic E-state index is 9.41. The van der Waals surface area contributed by atoms with Crippen LogP contribution in [0.2, 0.25) is 0 Å². The van der Waals surface area contributed by atoms with Gasteiger partial charge in [-0.1, -0.05) is 0 Å². The topological polar surface area (TPSA) is 63.9 Å². The highest BCUT2D eigenvalue weighted by atomic mass is 16.3. The Balaban J connectivity index is 2.33. The summed E-state index contributed by atoms with van der Waals surface area (Å²) < 4.78 is 0. The molecule has 1 aliphatic heterocycles. The second-order valence-corrected chi connectivity index (χ2v) is 3.32. The summed E-state index contributed by atoms with van der Waals surface area (Å²) in [5, 5.41) is 27.0. The molecule has 1 fully saturated rings. The molecule has 2 unspecified atom stereocenters. The Morgan fingerprint density at radius 2 is 2.08 bits per heavy atom. The fourth-order valence-electron chi connectivity index (χ4n) is 1.62. The molecule has 0 aromatic heterocycles. The van der Waals surface area contributed by atoms with E-state index in [0.29, 0.717) is 19.5 Å². The molecule has 12 heavy (non-hydrogen) atoms. The third kappa shape index (κ3) is 2.42. The van der Waals surface area contributed by atoms with E-state index in [9.17, 15) is 5.11 Å². The Hall–Kier alpha value is -0.160.